The number of hydrogen-bond donors (Lipinski definition) is 2. The van der Waals surface area contributed by atoms with Crippen LogP contribution in [0.5, 0.6) is 0 Å². The van der Waals surface area contributed by atoms with Crippen LogP contribution in [0.1, 0.15) is 57.1 Å². The number of carboxylic acids is 1. The fourth-order valence-corrected chi connectivity index (χ4v) is 2.88. The lowest BCUT2D eigenvalue weighted by atomic mass is 9.85. The van der Waals surface area contributed by atoms with Crippen LogP contribution in [0, 0.1) is 5.92 Å². The second-order valence-electron chi connectivity index (χ2n) is 6.12. The number of carbonyl (C=O) groups is 1. The molecule has 0 aliphatic carbocycles. The first-order valence-electron chi connectivity index (χ1n) is 7.23. The molecule has 2 aromatic rings. The number of para-hydroxylation sites is 1. The quantitative estimate of drug-likeness (QED) is 0.842. The zero-order valence-corrected chi connectivity index (χ0v) is 12.6. The molecule has 108 valence electrons. The topological polar surface area (TPSA) is 53.1 Å². The zero-order valence-electron chi connectivity index (χ0n) is 12.6. The lowest BCUT2D eigenvalue weighted by Crippen LogP contribution is -2.11. The van der Waals surface area contributed by atoms with Gasteiger partial charge in [-0.3, -0.25) is 4.79 Å². The summed E-state index contributed by atoms with van der Waals surface area (Å²) in [6.45, 7) is 8.51. The molecule has 1 aromatic heterocycles. The summed E-state index contributed by atoms with van der Waals surface area (Å²) < 4.78 is 0. The average molecular weight is 273 g/mol. The van der Waals surface area contributed by atoms with Crippen molar-refractivity contribution in [1.82, 2.24) is 4.98 Å². The van der Waals surface area contributed by atoms with Crippen LogP contribution in [0.4, 0.5) is 0 Å². The molecule has 0 aliphatic rings. The summed E-state index contributed by atoms with van der Waals surface area (Å²) in [6, 6.07) is 6.28. The van der Waals surface area contributed by atoms with Gasteiger partial charge in [-0.05, 0) is 28.9 Å². The van der Waals surface area contributed by atoms with Crippen LogP contribution in [-0.2, 0) is 4.79 Å². The Balaban J connectivity index is 2.54. The molecule has 0 radical (unpaired) electrons. The van der Waals surface area contributed by atoms with Crippen LogP contribution in [0.15, 0.2) is 24.4 Å². The summed E-state index contributed by atoms with van der Waals surface area (Å²) in [6.07, 6.45) is 2.17. The average Bonchev–Trinajstić information content (AvgIpc) is 2.78. The highest BCUT2D eigenvalue weighted by Gasteiger charge is 2.23. The minimum absolute atomic E-state index is 0.0451. The fourth-order valence-electron chi connectivity index (χ4n) is 2.88. The largest absolute Gasteiger partial charge is 0.481 e. The van der Waals surface area contributed by atoms with E-state index in [2.05, 4.69) is 50.9 Å². The Morgan fingerprint density at radius 2 is 1.90 bits per heavy atom. The molecule has 1 atom stereocenters. The summed E-state index contributed by atoms with van der Waals surface area (Å²) in [5, 5.41) is 10.3. The van der Waals surface area contributed by atoms with Crippen molar-refractivity contribution in [2.45, 2.75) is 46.0 Å². The van der Waals surface area contributed by atoms with E-state index in [0.29, 0.717) is 11.8 Å². The van der Waals surface area contributed by atoms with E-state index in [0.717, 1.165) is 16.5 Å². The Morgan fingerprint density at radius 3 is 2.45 bits per heavy atom. The van der Waals surface area contributed by atoms with Crippen LogP contribution in [0.25, 0.3) is 10.9 Å². The van der Waals surface area contributed by atoms with Crippen molar-refractivity contribution >= 4 is 16.9 Å². The maximum atomic E-state index is 11.1. The second kappa shape index (κ2) is 5.70. The molecule has 0 amide bonds. The molecule has 2 N–H and O–H groups in total. The number of hydrogen-bond acceptors (Lipinski definition) is 1. The van der Waals surface area contributed by atoms with Crippen molar-refractivity contribution < 1.29 is 9.90 Å². The zero-order chi connectivity index (χ0) is 14.9. The van der Waals surface area contributed by atoms with Crippen molar-refractivity contribution in [2.24, 2.45) is 5.92 Å². The van der Waals surface area contributed by atoms with E-state index in [1.54, 1.807) is 0 Å². The molecular formula is C17H23NO2. The van der Waals surface area contributed by atoms with Gasteiger partial charge in [0.15, 0.2) is 0 Å². The number of benzene rings is 1. The minimum atomic E-state index is -0.738. The van der Waals surface area contributed by atoms with Gasteiger partial charge < -0.3 is 10.1 Å². The predicted octanol–water partition coefficient (Wildman–Crippen LogP) is 4.51. The van der Waals surface area contributed by atoms with Gasteiger partial charge in [-0.25, -0.2) is 0 Å². The number of aromatic nitrogens is 1. The molecule has 0 spiro atoms. The molecular weight excluding hydrogens is 250 g/mol. The first-order valence-corrected chi connectivity index (χ1v) is 7.23. The second-order valence-corrected chi connectivity index (χ2v) is 6.12. The minimum Gasteiger partial charge on any atom is -0.481 e. The number of fused-ring (bicyclic) bond motifs is 1. The van der Waals surface area contributed by atoms with Crippen molar-refractivity contribution in [3.8, 4) is 0 Å². The number of carboxylic acid groups (broad SMARTS) is 1. The highest BCUT2D eigenvalue weighted by atomic mass is 16.4. The van der Waals surface area contributed by atoms with Crippen LogP contribution in [0.2, 0.25) is 0 Å². The van der Waals surface area contributed by atoms with Crippen molar-refractivity contribution in [1.29, 1.82) is 0 Å². The van der Waals surface area contributed by atoms with E-state index in [9.17, 15) is 4.79 Å². The predicted molar refractivity (Wildman–Crippen MR) is 82.2 cm³/mol. The summed E-state index contributed by atoms with van der Waals surface area (Å²) >= 11 is 0. The van der Waals surface area contributed by atoms with Crippen molar-refractivity contribution in [3.05, 3.63) is 35.5 Å². The van der Waals surface area contributed by atoms with Gasteiger partial charge in [0.1, 0.15) is 0 Å². The summed E-state index contributed by atoms with van der Waals surface area (Å²) in [7, 11) is 0. The lowest BCUT2D eigenvalue weighted by Gasteiger charge is -2.18. The van der Waals surface area contributed by atoms with Crippen LogP contribution >= 0.6 is 0 Å². The third kappa shape index (κ3) is 2.72. The maximum absolute atomic E-state index is 11.1. The Kier molecular flexibility index (Phi) is 4.17. The number of aromatic amines is 1. The normalized spacial score (nSPS) is 13.3. The molecule has 0 saturated carbocycles. The van der Waals surface area contributed by atoms with Crippen molar-refractivity contribution in [3.63, 3.8) is 0 Å². The van der Waals surface area contributed by atoms with E-state index in [-0.39, 0.29) is 12.3 Å². The monoisotopic (exact) mass is 273 g/mol. The Morgan fingerprint density at radius 1 is 1.20 bits per heavy atom. The molecule has 1 aromatic carbocycles. The fraction of sp³-hybridized carbons (Fsp3) is 0.471. The first-order chi connectivity index (χ1) is 9.41. The molecule has 1 heterocycles. The Bertz CT molecular complexity index is 610. The number of H-pyrrole nitrogens is 1. The highest BCUT2D eigenvalue weighted by molar-refractivity contribution is 5.87. The van der Waals surface area contributed by atoms with Crippen LogP contribution in [0.3, 0.4) is 0 Å². The smallest absolute Gasteiger partial charge is 0.303 e. The molecule has 3 heteroatoms. The van der Waals surface area contributed by atoms with E-state index < -0.39 is 5.97 Å². The molecule has 0 fully saturated rings. The van der Waals surface area contributed by atoms with E-state index in [1.807, 2.05) is 6.20 Å². The first kappa shape index (κ1) is 14.6. The Hall–Kier alpha value is -1.77. The Labute approximate surface area is 120 Å². The van der Waals surface area contributed by atoms with Gasteiger partial charge in [0.05, 0.1) is 6.42 Å². The van der Waals surface area contributed by atoms with Crippen LogP contribution < -0.4 is 0 Å². The van der Waals surface area contributed by atoms with E-state index in [4.69, 9.17) is 5.11 Å². The SMILES string of the molecule is CC(C)c1cccc2c(C(CC(=O)O)C(C)C)c[nH]c12. The maximum Gasteiger partial charge on any atom is 0.303 e. The third-order valence-electron chi connectivity index (χ3n) is 4.00. The van der Waals surface area contributed by atoms with Gasteiger partial charge >= 0.3 is 5.97 Å². The van der Waals surface area contributed by atoms with E-state index >= 15 is 0 Å². The molecule has 2 rings (SSSR count). The van der Waals surface area contributed by atoms with Gasteiger partial charge in [-0.1, -0.05) is 45.9 Å². The highest BCUT2D eigenvalue weighted by Crippen LogP contribution is 2.35. The van der Waals surface area contributed by atoms with Gasteiger partial charge in [-0.2, -0.15) is 0 Å². The third-order valence-corrected chi connectivity index (χ3v) is 4.00. The molecule has 0 bridgehead atoms. The summed E-state index contributed by atoms with van der Waals surface area (Å²) in [4.78, 5) is 14.5. The van der Waals surface area contributed by atoms with E-state index in [1.165, 1.54) is 5.56 Å². The molecule has 0 aliphatic heterocycles. The van der Waals surface area contributed by atoms with Gasteiger partial charge in [0.2, 0.25) is 0 Å². The van der Waals surface area contributed by atoms with Gasteiger partial charge in [-0.15, -0.1) is 0 Å². The molecule has 20 heavy (non-hydrogen) atoms. The standard InChI is InChI=1S/C17H23NO2/c1-10(2)12-6-5-7-13-15(9-18-17(12)13)14(11(3)4)8-16(19)20/h5-7,9-11,14,18H,8H2,1-4H3,(H,19,20). The van der Waals surface area contributed by atoms with Gasteiger partial charge in [0.25, 0.3) is 0 Å². The van der Waals surface area contributed by atoms with Gasteiger partial charge in [0, 0.05) is 17.1 Å². The van der Waals surface area contributed by atoms with Crippen LogP contribution in [-0.4, -0.2) is 16.1 Å². The number of nitrogens with one attached hydrogen (secondary N) is 1. The molecule has 1 unspecified atom stereocenters. The lowest BCUT2D eigenvalue weighted by molar-refractivity contribution is -0.137. The number of aliphatic carboxylic acids is 1. The summed E-state index contributed by atoms with van der Waals surface area (Å²) in [5.41, 5.74) is 3.56. The number of rotatable bonds is 5. The van der Waals surface area contributed by atoms with Crippen molar-refractivity contribution in [2.75, 3.05) is 0 Å². The molecule has 0 saturated heterocycles. The summed E-state index contributed by atoms with van der Waals surface area (Å²) in [5.74, 6) is 0.0525. The molecule has 3 nitrogen and oxygen atoms in total.